The summed E-state index contributed by atoms with van der Waals surface area (Å²) in [6, 6.07) is 13.6. The van der Waals surface area contributed by atoms with Gasteiger partial charge in [-0.3, -0.25) is 4.79 Å². The Morgan fingerprint density at radius 1 is 1.25 bits per heavy atom. The molecule has 8 heteroatoms. The van der Waals surface area contributed by atoms with Gasteiger partial charge in [-0.2, -0.15) is 25.8 Å². The molecule has 2 rings (SSSR count). The van der Waals surface area contributed by atoms with Crippen LogP contribution in [0.4, 0.5) is 8.78 Å². The Balaban J connectivity index is 1.85. The predicted molar refractivity (Wildman–Crippen MR) is 104 cm³/mol. The van der Waals surface area contributed by atoms with Crippen molar-refractivity contribution in [1.29, 1.82) is 5.26 Å². The molecule has 0 radical (unpaired) electrons. The van der Waals surface area contributed by atoms with Gasteiger partial charge >= 0.3 is 6.61 Å². The summed E-state index contributed by atoms with van der Waals surface area (Å²) < 4.78 is 34.5. The van der Waals surface area contributed by atoms with Crippen LogP contribution < -0.4 is 14.8 Å². The lowest BCUT2D eigenvalue weighted by atomic mass is 10.1. The fourth-order valence-corrected chi connectivity index (χ4v) is 3.25. The molecule has 0 aliphatic rings. The minimum absolute atomic E-state index is 0.0953. The number of thioether (sulfide) groups is 1. The van der Waals surface area contributed by atoms with Crippen LogP contribution in [0.2, 0.25) is 0 Å². The zero-order valence-electron chi connectivity index (χ0n) is 15.3. The van der Waals surface area contributed by atoms with Gasteiger partial charge in [-0.15, -0.1) is 0 Å². The topological polar surface area (TPSA) is 71.3 Å². The molecule has 0 aromatic heterocycles. The number of nitrogens with zero attached hydrogens (tertiary/aromatic N) is 1. The van der Waals surface area contributed by atoms with Crippen molar-refractivity contribution in [2.75, 3.05) is 18.9 Å². The smallest absolute Gasteiger partial charge is 0.387 e. The summed E-state index contributed by atoms with van der Waals surface area (Å²) >= 11 is 1.60. The second-order valence-corrected chi connectivity index (χ2v) is 6.66. The first kappa shape index (κ1) is 21.5. The van der Waals surface area contributed by atoms with E-state index in [1.165, 1.54) is 18.2 Å². The van der Waals surface area contributed by atoms with Gasteiger partial charge in [0.25, 0.3) is 5.91 Å². The Bertz CT molecular complexity index is 840. The number of nitrogens with one attached hydrogen (secondary N) is 1. The molecule has 148 valence electrons. The zero-order valence-corrected chi connectivity index (χ0v) is 16.1. The molecular formula is C20H20F2N2O3S. The average Bonchev–Trinajstić information content (AvgIpc) is 2.69. The van der Waals surface area contributed by atoms with Crippen LogP contribution in [0.3, 0.4) is 0 Å². The summed E-state index contributed by atoms with van der Waals surface area (Å²) in [6.45, 7) is -0.578. The van der Waals surface area contributed by atoms with Crippen LogP contribution >= 0.6 is 11.8 Å². The fraction of sp³-hybridized carbons (Fsp3) is 0.300. The van der Waals surface area contributed by atoms with E-state index in [0.29, 0.717) is 29.2 Å². The third-order valence-corrected chi connectivity index (χ3v) is 4.66. The van der Waals surface area contributed by atoms with Crippen LogP contribution in [0.5, 0.6) is 11.5 Å². The fourth-order valence-electron chi connectivity index (χ4n) is 2.39. The van der Waals surface area contributed by atoms with E-state index in [2.05, 4.69) is 16.1 Å². The van der Waals surface area contributed by atoms with Gasteiger partial charge in [-0.25, -0.2) is 0 Å². The number of rotatable bonds is 10. The molecule has 0 saturated carbocycles. The highest BCUT2D eigenvalue weighted by molar-refractivity contribution is 7.98. The first-order valence-corrected chi connectivity index (χ1v) is 9.76. The molecule has 0 bridgehead atoms. The maximum Gasteiger partial charge on any atom is 0.387 e. The Kier molecular flexibility index (Phi) is 8.56. The predicted octanol–water partition coefficient (Wildman–Crippen LogP) is 4.22. The lowest BCUT2D eigenvalue weighted by Crippen LogP contribution is -2.25. The number of carbonyl (C=O) groups is 1. The van der Waals surface area contributed by atoms with Crippen molar-refractivity contribution in [1.82, 2.24) is 5.32 Å². The molecule has 0 spiro atoms. The van der Waals surface area contributed by atoms with Gasteiger partial charge in [-0.05, 0) is 36.8 Å². The van der Waals surface area contributed by atoms with Gasteiger partial charge < -0.3 is 14.8 Å². The SMILES string of the molecule is CCOc1cc(C(=O)NCCSCc2ccccc2C#N)ccc1OC(F)F. The summed E-state index contributed by atoms with van der Waals surface area (Å²) in [7, 11) is 0. The third-order valence-electron chi connectivity index (χ3n) is 3.65. The molecule has 28 heavy (non-hydrogen) atoms. The highest BCUT2D eigenvalue weighted by atomic mass is 32.2. The van der Waals surface area contributed by atoms with Crippen LogP contribution in [0.25, 0.3) is 0 Å². The molecule has 0 saturated heterocycles. The van der Waals surface area contributed by atoms with Crippen LogP contribution in [-0.2, 0) is 5.75 Å². The Morgan fingerprint density at radius 2 is 2.04 bits per heavy atom. The van der Waals surface area contributed by atoms with Crippen LogP contribution in [0.1, 0.15) is 28.4 Å². The molecule has 0 atom stereocenters. The van der Waals surface area contributed by atoms with E-state index < -0.39 is 6.61 Å². The van der Waals surface area contributed by atoms with Gasteiger partial charge in [0.1, 0.15) is 0 Å². The first-order chi connectivity index (χ1) is 13.5. The van der Waals surface area contributed by atoms with Gasteiger partial charge in [0.2, 0.25) is 0 Å². The number of halogens is 2. The number of hydrogen-bond donors (Lipinski definition) is 1. The highest BCUT2D eigenvalue weighted by Crippen LogP contribution is 2.29. The lowest BCUT2D eigenvalue weighted by Gasteiger charge is -2.13. The largest absolute Gasteiger partial charge is 0.490 e. The second-order valence-electron chi connectivity index (χ2n) is 5.55. The second kappa shape index (κ2) is 11.1. The molecule has 0 fully saturated rings. The van der Waals surface area contributed by atoms with Crippen molar-refractivity contribution in [2.45, 2.75) is 19.3 Å². The molecule has 5 nitrogen and oxygen atoms in total. The molecule has 1 N–H and O–H groups in total. The Hall–Kier alpha value is -2.79. The quantitative estimate of drug-likeness (QED) is 0.598. The number of alkyl halides is 2. The van der Waals surface area contributed by atoms with E-state index in [9.17, 15) is 13.6 Å². The Morgan fingerprint density at radius 3 is 2.75 bits per heavy atom. The van der Waals surface area contributed by atoms with Crippen LogP contribution in [0, 0.1) is 11.3 Å². The summed E-state index contributed by atoms with van der Waals surface area (Å²) in [6.07, 6.45) is 0. The summed E-state index contributed by atoms with van der Waals surface area (Å²) in [5.41, 5.74) is 1.90. The van der Waals surface area contributed by atoms with Gasteiger partial charge in [0.05, 0.1) is 18.2 Å². The van der Waals surface area contributed by atoms with E-state index in [0.717, 1.165) is 5.56 Å². The summed E-state index contributed by atoms with van der Waals surface area (Å²) in [4.78, 5) is 12.3. The monoisotopic (exact) mass is 406 g/mol. The van der Waals surface area contributed by atoms with E-state index in [4.69, 9.17) is 10.00 Å². The van der Waals surface area contributed by atoms with Crippen molar-refractivity contribution in [3.63, 3.8) is 0 Å². The molecule has 1 amide bonds. The van der Waals surface area contributed by atoms with Crippen molar-refractivity contribution in [2.24, 2.45) is 0 Å². The highest BCUT2D eigenvalue weighted by Gasteiger charge is 2.14. The minimum atomic E-state index is -2.97. The molecule has 0 aliphatic carbocycles. The van der Waals surface area contributed by atoms with Gasteiger partial charge in [-0.1, -0.05) is 18.2 Å². The Labute approximate surface area is 166 Å². The van der Waals surface area contributed by atoms with E-state index in [-0.39, 0.29) is 24.0 Å². The molecular weight excluding hydrogens is 386 g/mol. The normalized spacial score (nSPS) is 10.4. The summed E-state index contributed by atoms with van der Waals surface area (Å²) in [5.74, 6) is 0.991. The number of hydrogen-bond acceptors (Lipinski definition) is 5. The van der Waals surface area contributed by atoms with E-state index in [1.54, 1.807) is 24.8 Å². The lowest BCUT2D eigenvalue weighted by molar-refractivity contribution is -0.0514. The number of nitriles is 1. The standard InChI is InChI=1S/C20H20F2N2O3S/c1-2-26-18-11-14(7-8-17(18)27-20(21)22)19(25)24-9-10-28-13-16-6-4-3-5-15(16)12-23/h3-8,11,20H,2,9-10,13H2,1H3,(H,24,25). The van der Waals surface area contributed by atoms with Crippen LogP contribution in [0.15, 0.2) is 42.5 Å². The molecule has 0 aliphatic heterocycles. The zero-order chi connectivity index (χ0) is 20.4. The molecule has 2 aromatic carbocycles. The van der Waals surface area contributed by atoms with Crippen LogP contribution in [-0.4, -0.2) is 31.4 Å². The molecule has 2 aromatic rings. The maximum absolute atomic E-state index is 12.4. The average molecular weight is 406 g/mol. The van der Waals surface area contributed by atoms with E-state index >= 15 is 0 Å². The number of ether oxygens (including phenoxy) is 2. The summed E-state index contributed by atoms with van der Waals surface area (Å²) in [5, 5.41) is 11.8. The maximum atomic E-state index is 12.4. The molecule has 0 unspecified atom stereocenters. The van der Waals surface area contributed by atoms with Gasteiger partial charge in [0.15, 0.2) is 11.5 Å². The van der Waals surface area contributed by atoms with Crippen molar-refractivity contribution in [3.8, 4) is 17.6 Å². The molecule has 0 heterocycles. The van der Waals surface area contributed by atoms with Crippen molar-refractivity contribution < 1.29 is 23.0 Å². The number of amides is 1. The third kappa shape index (κ3) is 6.43. The number of carbonyl (C=O) groups excluding carboxylic acids is 1. The van der Waals surface area contributed by atoms with Crippen molar-refractivity contribution >= 4 is 17.7 Å². The number of benzene rings is 2. The first-order valence-electron chi connectivity index (χ1n) is 8.60. The minimum Gasteiger partial charge on any atom is -0.490 e. The van der Waals surface area contributed by atoms with E-state index in [1.807, 2.05) is 18.2 Å². The van der Waals surface area contributed by atoms with Crippen molar-refractivity contribution in [3.05, 3.63) is 59.2 Å². The van der Waals surface area contributed by atoms with Gasteiger partial charge in [0, 0.05) is 23.6 Å².